The molecule has 0 saturated heterocycles. The SMILES string of the molecule is O=C([O-])C/C(=C\c1ccc(Cl)cc1Cl)c1nc2ccccc2s1. The molecule has 0 saturated carbocycles. The second kappa shape index (κ2) is 6.71. The molecule has 0 aliphatic carbocycles. The summed E-state index contributed by atoms with van der Waals surface area (Å²) in [7, 11) is 0. The minimum Gasteiger partial charge on any atom is -0.550 e. The van der Waals surface area contributed by atoms with Crippen molar-refractivity contribution in [1.29, 1.82) is 0 Å². The summed E-state index contributed by atoms with van der Waals surface area (Å²) in [5.74, 6) is -1.17. The second-order valence-electron chi connectivity index (χ2n) is 4.87. The van der Waals surface area contributed by atoms with E-state index in [9.17, 15) is 9.90 Å². The smallest absolute Gasteiger partial charge is 0.120 e. The molecular formula is C17H10Cl2NO2S-. The lowest BCUT2D eigenvalue weighted by atomic mass is 10.1. The van der Waals surface area contributed by atoms with Crippen LogP contribution in [0.25, 0.3) is 21.9 Å². The zero-order chi connectivity index (χ0) is 16.4. The maximum Gasteiger partial charge on any atom is 0.120 e. The summed E-state index contributed by atoms with van der Waals surface area (Å²) >= 11 is 13.5. The molecule has 0 bridgehead atoms. The van der Waals surface area contributed by atoms with E-state index in [1.165, 1.54) is 11.3 Å². The first-order valence-corrected chi connectivity index (χ1v) is 8.31. The van der Waals surface area contributed by atoms with Crippen LogP contribution in [0, 0.1) is 0 Å². The zero-order valence-electron chi connectivity index (χ0n) is 11.8. The van der Waals surface area contributed by atoms with Crippen molar-refractivity contribution >= 4 is 62.4 Å². The number of rotatable bonds is 4. The molecule has 0 amide bonds. The van der Waals surface area contributed by atoms with Crippen LogP contribution in [0.4, 0.5) is 0 Å². The van der Waals surface area contributed by atoms with E-state index in [1.807, 2.05) is 24.3 Å². The second-order valence-corrected chi connectivity index (χ2v) is 6.75. The van der Waals surface area contributed by atoms with Gasteiger partial charge >= 0.3 is 0 Å². The van der Waals surface area contributed by atoms with Crippen LogP contribution in [-0.4, -0.2) is 11.0 Å². The Morgan fingerprint density at radius 3 is 2.70 bits per heavy atom. The molecule has 3 nitrogen and oxygen atoms in total. The molecule has 0 radical (unpaired) electrons. The Kier molecular flexibility index (Phi) is 4.66. The lowest BCUT2D eigenvalue weighted by Gasteiger charge is -2.07. The summed E-state index contributed by atoms with van der Waals surface area (Å²) in [4.78, 5) is 15.6. The predicted molar refractivity (Wildman–Crippen MR) is 93.6 cm³/mol. The molecule has 3 rings (SSSR count). The monoisotopic (exact) mass is 362 g/mol. The molecule has 0 aliphatic rings. The highest BCUT2D eigenvalue weighted by molar-refractivity contribution is 7.19. The first-order valence-electron chi connectivity index (χ1n) is 6.74. The van der Waals surface area contributed by atoms with Crippen LogP contribution in [0.3, 0.4) is 0 Å². The maximum absolute atomic E-state index is 11.1. The Balaban J connectivity index is 2.09. The van der Waals surface area contributed by atoms with Gasteiger partial charge in [0.2, 0.25) is 0 Å². The number of carbonyl (C=O) groups excluding carboxylic acids is 1. The standard InChI is InChI=1S/C17H11Cl2NO2S/c18-12-6-5-10(13(19)9-12)7-11(8-16(21)22)17-20-14-3-1-2-4-15(14)23-17/h1-7,9H,8H2,(H,21,22)/p-1/b11-7+. The van der Waals surface area contributed by atoms with Crippen LogP contribution in [-0.2, 0) is 4.79 Å². The first-order chi connectivity index (χ1) is 11.0. The van der Waals surface area contributed by atoms with Crippen LogP contribution < -0.4 is 5.11 Å². The lowest BCUT2D eigenvalue weighted by Crippen LogP contribution is -2.22. The van der Waals surface area contributed by atoms with Crippen molar-refractivity contribution < 1.29 is 9.90 Å². The third-order valence-electron chi connectivity index (χ3n) is 3.20. The third-order valence-corrected chi connectivity index (χ3v) is 4.87. The third kappa shape index (κ3) is 3.72. The van der Waals surface area contributed by atoms with Crippen LogP contribution in [0.15, 0.2) is 42.5 Å². The number of halogens is 2. The van der Waals surface area contributed by atoms with E-state index in [2.05, 4.69) is 4.98 Å². The van der Waals surface area contributed by atoms with Crippen molar-refractivity contribution in [1.82, 2.24) is 4.98 Å². The van der Waals surface area contributed by atoms with E-state index >= 15 is 0 Å². The molecule has 0 aliphatic heterocycles. The number of benzene rings is 2. The molecule has 23 heavy (non-hydrogen) atoms. The molecule has 116 valence electrons. The van der Waals surface area contributed by atoms with Gasteiger partial charge in [-0.25, -0.2) is 4.98 Å². The van der Waals surface area contributed by atoms with Gasteiger partial charge in [0, 0.05) is 22.4 Å². The number of hydrogen-bond donors (Lipinski definition) is 0. The van der Waals surface area contributed by atoms with Crippen LogP contribution in [0.5, 0.6) is 0 Å². The van der Waals surface area contributed by atoms with Crippen LogP contribution in [0.2, 0.25) is 10.0 Å². The van der Waals surface area contributed by atoms with Crippen molar-refractivity contribution in [2.24, 2.45) is 0 Å². The van der Waals surface area contributed by atoms with E-state index < -0.39 is 5.97 Å². The van der Waals surface area contributed by atoms with Gasteiger partial charge in [-0.15, -0.1) is 11.3 Å². The van der Waals surface area contributed by atoms with Gasteiger partial charge in [0.15, 0.2) is 0 Å². The molecular weight excluding hydrogens is 353 g/mol. The van der Waals surface area contributed by atoms with Gasteiger partial charge in [-0.1, -0.05) is 41.4 Å². The van der Waals surface area contributed by atoms with Crippen molar-refractivity contribution in [2.75, 3.05) is 0 Å². The van der Waals surface area contributed by atoms with E-state index in [-0.39, 0.29) is 6.42 Å². The van der Waals surface area contributed by atoms with Crippen molar-refractivity contribution in [3.8, 4) is 0 Å². The molecule has 6 heteroatoms. The Hall–Kier alpha value is -1.88. The number of aliphatic carboxylic acids is 1. The fraction of sp³-hybridized carbons (Fsp3) is 0.0588. The van der Waals surface area contributed by atoms with Gasteiger partial charge in [0.1, 0.15) is 5.01 Å². The Bertz CT molecular complexity index is 885. The minimum absolute atomic E-state index is 0.237. The number of thiazole rings is 1. The first kappa shape index (κ1) is 16.0. The predicted octanol–water partition coefficient (Wildman–Crippen LogP) is 4.28. The molecule has 0 unspecified atom stereocenters. The number of carboxylic acid groups (broad SMARTS) is 1. The molecule has 0 spiro atoms. The quantitative estimate of drug-likeness (QED) is 0.695. The summed E-state index contributed by atoms with van der Waals surface area (Å²) in [5, 5.41) is 12.7. The van der Waals surface area contributed by atoms with Gasteiger partial charge in [-0.3, -0.25) is 0 Å². The summed E-state index contributed by atoms with van der Waals surface area (Å²) in [6, 6.07) is 12.7. The highest BCUT2D eigenvalue weighted by Crippen LogP contribution is 2.32. The molecule has 3 aromatic rings. The fourth-order valence-corrected chi connectivity index (χ4v) is 3.60. The zero-order valence-corrected chi connectivity index (χ0v) is 14.1. The van der Waals surface area contributed by atoms with E-state index in [4.69, 9.17) is 23.2 Å². The number of carboxylic acids is 1. The largest absolute Gasteiger partial charge is 0.550 e. The Morgan fingerprint density at radius 2 is 2.00 bits per heavy atom. The highest BCUT2D eigenvalue weighted by Gasteiger charge is 2.10. The maximum atomic E-state index is 11.1. The molecule has 2 aromatic carbocycles. The van der Waals surface area contributed by atoms with Gasteiger partial charge in [-0.05, 0) is 41.5 Å². The highest BCUT2D eigenvalue weighted by atomic mass is 35.5. The molecule has 1 aromatic heterocycles. The van der Waals surface area contributed by atoms with Crippen LogP contribution in [0.1, 0.15) is 17.0 Å². The number of para-hydroxylation sites is 1. The number of hydrogen-bond acceptors (Lipinski definition) is 4. The van der Waals surface area contributed by atoms with Crippen LogP contribution >= 0.6 is 34.5 Å². The average molecular weight is 363 g/mol. The summed E-state index contributed by atoms with van der Waals surface area (Å²) < 4.78 is 0.994. The fourth-order valence-electron chi connectivity index (χ4n) is 2.16. The van der Waals surface area contributed by atoms with Crippen molar-refractivity contribution in [2.45, 2.75) is 6.42 Å². The Morgan fingerprint density at radius 1 is 1.22 bits per heavy atom. The van der Waals surface area contributed by atoms with Gasteiger partial charge < -0.3 is 9.90 Å². The van der Waals surface area contributed by atoms with Crippen molar-refractivity contribution in [3.63, 3.8) is 0 Å². The number of carbonyl (C=O) groups is 1. The lowest BCUT2D eigenvalue weighted by molar-refractivity contribution is -0.304. The van der Waals surface area contributed by atoms with Gasteiger partial charge in [0.25, 0.3) is 0 Å². The van der Waals surface area contributed by atoms with Gasteiger partial charge in [-0.2, -0.15) is 0 Å². The minimum atomic E-state index is -1.17. The molecule has 1 heterocycles. The normalized spacial score (nSPS) is 11.8. The Labute approximate surface area is 146 Å². The van der Waals surface area contributed by atoms with E-state index in [0.29, 0.717) is 26.2 Å². The van der Waals surface area contributed by atoms with E-state index in [0.717, 1.165) is 10.2 Å². The van der Waals surface area contributed by atoms with Gasteiger partial charge in [0.05, 0.1) is 10.2 Å². The summed E-state index contributed by atoms with van der Waals surface area (Å²) in [6.45, 7) is 0. The number of aromatic nitrogens is 1. The summed E-state index contributed by atoms with van der Waals surface area (Å²) in [6.07, 6.45) is 1.48. The molecule has 0 fully saturated rings. The number of fused-ring (bicyclic) bond motifs is 1. The average Bonchev–Trinajstić information content (AvgIpc) is 2.92. The van der Waals surface area contributed by atoms with Crippen molar-refractivity contribution in [3.05, 3.63) is 63.1 Å². The van der Waals surface area contributed by atoms with E-state index in [1.54, 1.807) is 24.3 Å². The topological polar surface area (TPSA) is 53.0 Å². The molecule has 0 atom stereocenters. The molecule has 0 N–H and O–H groups in total. The number of nitrogens with zero attached hydrogens (tertiary/aromatic N) is 1. The summed E-state index contributed by atoms with van der Waals surface area (Å²) in [5.41, 5.74) is 2.07.